The minimum atomic E-state index is -3.97. The lowest BCUT2D eigenvalue weighted by Crippen LogP contribution is -2.15. The van der Waals surface area contributed by atoms with Crippen LogP contribution < -0.4 is 9.44 Å². The van der Waals surface area contributed by atoms with Crippen molar-refractivity contribution in [2.24, 2.45) is 7.05 Å². The molecule has 0 unspecified atom stereocenters. The van der Waals surface area contributed by atoms with Gasteiger partial charge in [0.1, 0.15) is 11.0 Å². The minimum absolute atomic E-state index is 0.0124. The van der Waals surface area contributed by atoms with Crippen molar-refractivity contribution in [3.8, 4) is 22.3 Å². The Morgan fingerprint density at radius 1 is 0.691 bits per heavy atom. The number of aromatic nitrogens is 6. The lowest BCUT2D eigenvalue weighted by molar-refractivity contribution is 0.597. The first kappa shape index (κ1) is 37.5. The molecule has 12 nitrogen and oxygen atoms in total. The SMILES string of the molecule is Cn1cnc(S(=O)(=O)Nc2n[nH]c3c(F)c(Cl)c(-c4ccccc4)cc23)c1.O=S(=O)(Cc1ccccc1)Nc1n[nH]c2c(F)c(Cl)c(-c3ccccc3)cc12. The Hall–Kier alpha value is -5.81. The van der Waals surface area contributed by atoms with Crippen molar-refractivity contribution in [1.29, 1.82) is 0 Å². The lowest BCUT2D eigenvalue weighted by Gasteiger charge is -2.09. The van der Waals surface area contributed by atoms with Crippen molar-refractivity contribution in [3.63, 3.8) is 0 Å². The summed E-state index contributed by atoms with van der Waals surface area (Å²) >= 11 is 12.4. The van der Waals surface area contributed by atoms with E-state index >= 15 is 0 Å². The summed E-state index contributed by atoms with van der Waals surface area (Å²) in [6, 6.07) is 30.0. The van der Waals surface area contributed by atoms with Crippen molar-refractivity contribution in [2.45, 2.75) is 10.8 Å². The Labute approximate surface area is 323 Å². The van der Waals surface area contributed by atoms with Crippen LogP contribution in [0.3, 0.4) is 0 Å². The Morgan fingerprint density at radius 3 is 1.60 bits per heavy atom. The molecule has 8 rings (SSSR count). The van der Waals surface area contributed by atoms with Gasteiger partial charge in [0.15, 0.2) is 28.3 Å². The van der Waals surface area contributed by atoms with Crippen LogP contribution in [0, 0.1) is 11.6 Å². The fourth-order valence-corrected chi connectivity index (χ4v) is 8.36. The standard InChI is InChI=1S/C20H15ClFN3O2S.C17H13ClFN5O2S/c21-17-15(14-9-5-2-6-10-14)11-16-19(18(17)22)23-24-20(16)25-28(26,27)12-13-7-3-1-4-8-13;1-24-8-13(20-9-24)27(25,26)23-17-12-7-11(10-5-3-2-4-6-10)14(18)15(19)16(12)21-22-17/h1-11H,12H2,(H2,23,24,25);2-9H,1H3,(H2,21,22,23). The molecule has 0 spiro atoms. The monoisotopic (exact) mass is 820 g/mol. The number of nitrogens with one attached hydrogen (secondary N) is 4. The number of rotatable bonds is 9. The van der Waals surface area contributed by atoms with Crippen LogP contribution in [0.4, 0.5) is 20.4 Å². The highest BCUT2D eigenvalue weighted by Gasteiger charge is 2.24. The fourth-order valence-electron chi connectivity index (χ4n) is 5.68. The molecule has 8 aromatic rings. The number of imidazole rings is 1. The maximum atomic E-state index is 14.8. The van der Waals surface area contributed by atoms with Crippen molar-refractivity contribution >= 4 is 76.7 Å². The highest BCUT2D eigenvalue weighted by atomic mass is 35.5. The predicted octanol–water partition coefficient (Wildman–Crippen LogP) is 8.52. The first-order valence-electron chi connectivity index (χ1n) is 16.2. The Bertz CT molecular complexity index is 2890. The molecule has 0 fully saturated rings. The van der Waals surface area contributed by atoms with E-state index in [0.29, 0.717) is 33.2 Å². The third kappa shape index (κ3) is 7.88. The highest BCUT2D eigenvalue weighted by Crippen LogP contribution is 2.38. The van der Waals surface area contributed by atoms with E-state index in [2.05, 4.69) is 34.8 Å². The lowest BCUT2D eigenvalue weighted by atomic mass is 10.0. The van der Waals surface area contributed by atoms with E-state index < -0.39 is 31.7 Å². The van der Waals surface area contributed by atoms with Crippen LogP contribution in [0.5, 0.6) is 0 Å². The quantitative estimate of drug-likeness (QED) is 0.113. The average Bonchev–Trinajstić information content (AvgIpc) is 3.91. The maximum Gasteiger partial charge on any atom is 0.282 e. The van der Waals surface area contributed by atoms with E-state index in [0.717, 1.165) is 0 Å². The smallest absolute Gasteiger partial charge is 0.282 e. The van der Waals surface area contributed by atoms with E-state index in [-0.39, 0.29) is 48.9 Å². The largest absolute Gasteiger partial charge is 0.339 e. The van der Waals surface area contributed by atoms with Gasteiger partial charge in [-0.1, -0.05) is 114 Å². The van der Waals surface area contributed by atoms with Crippen molar-refractivity contribution in [3.05, 3.63) is 143 Å². The molecule has 0 aliphatic heterocycles. The summed E-state index contributed by atoms with van der Waals surface area (Å²) in [5.74, 6) is -1.62. The van der Waals surface area contributed by atoms with E-state index in [1.807, 2.05) is 30.3 Å². The molecule has 55 heavy (non-hydrogen) atoms. The molecule has 4 N–H and O–H groups in total. The molecule has 0 atom stereocenters. The average molecular weight is 822 g/mol. The molecule has 0 saturated heterocycles. The minimum Gasteiger partial charge on any atom is -0.339 e. The molecular weight excluding hydrogens is 793 g/mol. The van der Waals surface area contributed by atoms with Crippen LogP contribution in [0.2, 0.25) is 10.0 Å². The summed E-state index contributed by atoms with van der Waals surface area (Å²) in [4.78, 5) is 3.82. The molecule has 18 heteroatoms. The van der Waals surface area contributed by atoms with Gasteiger partial charge in [0.2, 0.25) is 10.0 Å². The zero-order chi connectivity index (χ0) is 38.9. The number of nitrogens with zero attached hydrogens (tertiary/aromatic N) is 4. The summed E-state index contributed by atoms with van der Waals surface area (Å²) in [5.41, 5.74) is 2.99. The van der Waals surface area contributed by atoms with Crippen molar-refractivity contribution in [2.75, 3.05) is 9.44 Å². The molecule has 0 amide bonds. The van der Waals surface area contributed by atoms with Gasteiger partial charge in [-0.3, -0.25) is 19.6 Å². The normalized spacial score (nSPS) is 11.7. The number of aromatic amines is 2. The second-order valence-corrected chi connectivity index (χ2v) is 16.3. The van der Waals surface area contributed by atoms with Crippen LogP contribution in [-0.4, -0.2) is 46.8 Å². The maximum absolute atomic E-state index is 14.8. The van der Waals surface area contributed by atoms with Gasteiger partial charge >= 0.3 is 0 Å². The molecule has 0 aliphatic carbocycles. The summed E-state index contributed by atoms with van der Waals surface area (Å²) in [7, 11) is -6.06. The van der Waals surface area contributed by atoms with Gasteiger partial charge in [0.25, 0.3) is 10.0 Å². The van der Waals surface area contributed by atoms with Gasteiger partial charge in [0, 0.05) is 35.1 Å². The number of H-pyrrole nitrogens is 2. The van der Waals surface area contributed by atoms with Crippen LogP contribution in [0.25, 0.3) is 44.1 Å². The Morgan fingerprint density at radius 2 is 1.15 bits per heavy atom. The number of anilines is 2. The third-order valence-electron chi connectivity index (χ3n) is 8.29. The second-order valence-electron chi connectivity index (χ2n) is 12.2. The first-order chi connectivity index (χ1) is 26.3. The van der Waals surface area contributed by atoms with E-state index in [1.165, 1.54) is 17.1 Å². The summed E-state index contributed by atoms with van der Waals surface area (Å²) in [6.45, 7) is 0. The van der Waals surface area contributed by atoms with E-state index in [9.17, 15) is 25.6 Å². The molecule has 0 bridgehead atoms. The number of aryl methyl sites for hydroxylation is 1. The van der Waals surface area contributed by atoms with Gasteiger partial charge in [-0.05, 0) is 28.8 Å². The molecular formula is C37H28Cl2F2N8O4S2. The summed E-state index contributed by atoms with van der Waals surface area (Å²) in [5, 5.41) is 13.1. The number of benzene rings is 5. The van der Waals surface area contributed by atoms with Gasteiger partial charge in [0.05, 0.1) is 22.1 Å². The topological polar surface area (TPSA) is 168 Å². The Balaban J connectivity index is 0.000000169. The number of sulfonamides is 2. The number of halogens is 4. The molecule has 0 radical (unpaired) electrons. The molecule has 3 heterocycles. The van der Waals surface area contributed by atoms with Gasteiger partial charge in [-0.15, -0.1) is 0 Å². The summed E-state index contributed by atoms with van der Waals surface area (Å²) < 4.78 is 85.8. The zero-order valence-corrected chi connectivity index (χ0v) is 31.6. The molecule has 5 aromatic carbocycles. The molecule has 3 aromatic heterocycles. The zero-order valence-electron chi connectivity index (χ0n) is 28.4. The first-order valence-corrected chi connectivity index (χ1v) is 20.1. The molecule has 0 aliphatic rings. The fraction of sp³-hybridized carbons (Fsp3) is 0.0541. The highest BCUT2D eigenvalue weighted by molar-refractivity contribution is 7.92. The number of hydrogen-bond acceptors (Lipinski definition) is 7. The van der Waals surface area contributed by atoms with Gasteiger partial charge in [-0.2, -0.15) is 18.6 Å². The molecule has 0 saturated carbocycles. The number of fused-ring (bicyclic) bond motifs is 2. The van der Waals surface area contributed by atoms with Gasteiger partial charge < -0.3 is 4.57 Å². The van der Waals surface area contributed by atoms with Crippen LogP contribution in [-0.2, 0) is 32.8 Å². The van der Waals surface area contributed by atoms with Crippen LogP contribution in [0.1, 0.15) is 5.56 Å². The van der Waals surface area contributed by atoms with E-state index in [1.54, 1.807) is 79.8 Å². The Kier molecular flexibility index (Phi) is 10.3. The predicted molar refractivity (Wildman–Crippen MR) is 210 cm³/mol. The summed E-state index contributed by atoms with van der Waals surface area (Å²) in [6.07, 6.45) is 2.72. The van der Waals surface area contributed by atoms with Crippen molar-refractivity contribution < 1.29 is 25.6 Å². The number of hydrogen-bond donors (Lipinski definition) is 4. The van der Waals surface area contributed by atoms with Gasteiger partial charge in [-0.25, -0.2) is 22.2 Å². The third-order valence-corrected chi connectivity index (χ3v) is 11.5. The van der Waals surface area contributed by atoms with Crippen molar-refractivity contribution in [1.82, 2.24) is 29.9 Å². The van der Waals surface area contributed by atoms with Crippen LogP contribution >= 0.6 is 23.2 Å². The van der Waals surface area contributed by atoms with Crippen LogP contribution in [0.15, 0.2) is 121 Å². The molecule has 280 valence electrons. The van der Waals surface area contributed by atoms with E-state index in [4.69, 9.17) is 23.2 Å². The second kappa shape index (κ2) is 15.1.